The lowest BCUT2D eigenvalue weighted by molar-refractivity contribution is -0.137. The van der Waals surface area contributed by atoms with Gasteiger partial charge in [0.2, 0.25) is 0 Å². The van der Waals surface area contributed by atoms with Gasteiger partial charge in [-0.2, -0.15) is 0 Å². The Morgan fingerprint density at radius 2 is 2.18 bits per heavy atom. The molecule has 0 bridgehead atoms. The minimum Gasteiger partial charge on any atom is -0.463 e. The van der Waals surface area contributed by atoms with Crippen LogP contribution in [0.2, 0.25) is 0 Å². The summed E-state index contributed by atoms with van der Waals surface area (Å²) in [6.07, 6.45) is 3.94. The van der Waals surface area contributed by atoms with E-state index >= 15 is 0 Å². The van der Waals surface area contributed by atoms with Crippen molar-refractivity contribution in [2.24, 2.45) is 0 Å². The van der Waals surface area contributed by atoms with E-state index in [0.29, 0.717) is 6.61 Å². The normalized spacial score (nSPS) is 10.9. The number of rotatable bonds is 4. The molecule has 0 atom stereocenters. The Hall–Kier alpha value is -1.05. The fraction of sp³-hybridized carbons (Fsp3) is 0.444. The molecule has 0 saturated carbocycles. The number of ether oxygens (including phenoxy) is 1. The molecule has 0 aliphatic carbocycles. The number of hydrogen-bond acceptors (Lipinski definition) is 2. The predicted octanol–water partition coefficient (Wildman–Crippen LogP) is 2.07. The summed E-state index contributed by atoms with van der Waals surface area (Å²) < 4.78 is 4.71. The quantitative estimate of drug-likeness (QED) is 0.352. The van der Waals surface area contributed by atoms with Crippen LogP contribution in [0.1, 0.15) is 20.3 Å². The first-order valence-electron chi connectivity index (χ1n) is 3.74. The zero-order chi connectivity index (χ0) is 8.69. The van der Waals surface area contributed by atoms with E-state index in [2.05, 4.69) is 6.58 Å². The van der Waals surface area contributed by atoms with Crippen LogP contribution in [0.3, 0.4) is 0 Å². The molecule has 0 aromatic heterocycles. The Balaban J connectivity index is 4.03. The van der Waals surface area contributed by atoms with Crippen molar-refractivity contribution in [2.75, 3.05) is 6.61 Å². The maximum Gasteiger partial charge on any atom is 0.331 e. The second-order valence-electron chi connectivity index (χ2n) is 2.03. The van der Waals surface area contributed by atoms with Crippen LogP contribution in [-0.2, 0) is 9.53 Å². The first-order chi connectivity index (χ1) is 5.24. The molecule has 0 heterocycles. The first kappa shape index (κ1) is 9.95. The Kier molecular flexibility index (Phi) is 5.17. The minimum absolute atomic E-state index is 0.288. The Labute approximate surface area is 67.6 Å². The maximum absolute atomic E-state index is 10.8. The van der Waals surface area contributed by atoms with Crippen LogP contribution in [0.4, 0.5) is 0 Å². The van der Waals surface area contributed by atoms with Gasteiger partial charge in [0, 0.05) is 6.08 Å². The van der Waals surface area contributed by atoms with Gasteiger partial charge in [0.25, 0.3) is 0 Å². The highest BCUT2D eigenvalue weighted by atomic mass is 16.5. The van der Waals surface area contributed by atoms with Gasteiger partial charge in [0.05, 0.1) is 6.61 Å². The minimum atomic E-state index is -0.288. The van der Waals surface area contributed by atoms with Gasteiger partial charge in [-0.25, -0.2) is 4.79 Å². The van der Waals surface area contributed by atoms with E-state index in [0.717, 1.165) is 12.0 Å². The molecule has 0 fully saturated rings. The van der Waals surface area contributed by atoms with E-state index in [9.17, 15) is 4.79 Å². The summed E-state index contributed by atoms with van der Waals surface area (Å²) in [6, 6.07) is 0. The second-order valence-corrected chi connectivity index (χ2v) is 2.03. The molecule has 0 N–H and O–H groups in total. The van der Waals surface area contributed by atoms with Gasteiger partial charge in [-0.3, -0.25) is 0 Å². The predicted molar refractivity (Wildman–Crippen MR) is 45.2 cm³/mol. The summed E-state index contributed by atoms with van der Waals surface area (Å²) >= 11 is 0. The molecular weight excluding hydrogens is 140 g/mol. The van der Waals surface area contributed by atoms with E-state index in [1.807, 2.05) is 6.92 Å². The molecule has 2 nitrogen and oxygen atoms in total. The molecule has 0 radical (unpaired) electrons. The van der Waals surface area contributed by atoms with Crippen LogP contribution in [0.25, 0.3) is 0 Å². The number of carbonyl (C=O) groups excluding carboxylic acids is 1. The molecule has 0 aliphatic rings. The molecule has 0 aromatic rings. The van der Waals surface area contributed by atoms with Crippen LogP contribution in [-0.4, -0.2) is 12.6 Å². The van der Waals surface area contributed by atoms with Crippen LogP contribution < -0.4 is 0 Å². The van der Waals surface area contributed by atoms with E-state index < -0.39 is 0 Å². The van der Waals surface area contributed by atoms with Crippen molar-refractivity contribution in [1.29, 1.82) is 0 Å². The fourth-order valence-corrected chi connectivity index (χ4v) is 0.641. The lowest BCUT2D eigenvalue weighted by Gasteiger charge is -1.97. The summed E-state index contributed by atoms with van der Waals surface area (Å²) in [5.74, 6) is -0.288. The number of carbonyl (C=O) groups is 1. The third-order valence-corrected chi connectivity index (χ3v) is 1.26. The highest BCUT2D eigenvalue weighted by Gasteiger charge is 1.96. The topological polar surface area (TPSA) is 26.3 Å². The van der Waals surface area contributed by atoms with Crippen LogP contribution in [0, 0.1) is 0 Å². The second kappa shape index (κ2) is 5.71. The molecule has 62 valence electrons. The number of esters is 1. The zero-order valence-corrected chi connectivity index (χ0v) is 7.09. The molecule has 0 saturated heterocycles. The molecular formula is C9H14O2. The molecule has 0 aliphatic heterocycles. The Morgan fingerprint density at radius 1 is 1.55 bits per heavy atom. The molecule has 0 rings (SSSR count). The third kappa shape index (κ3) is 4.37. The average molecular weight is 154 g/mol. The van der Waals surface area contributed by atoms with E-state index in [-0.39, 0.29) is 5.97 Å². The van der Waals surface area contributed by atoms with E-state index in [1.54, 1.807) is 13.0 Å². The maximum atomic E-state index is 10.8. The van der Waals surface area contributed by atoms with Gasteiger partial charge in [-0.1, -0.05) is 19.6 Å². The summed E-state index contributed by atoms with van der Waals surface area (Å²) in [4.78, 5) is 10.8. The largest absolute Gasteiger partial charge is 0.463 e. The molecule has 2 heteroatoms. The first-order valence-corrected chi connectivity index (χ1v) is 3.74. The average Bonchev–Trinajstić information content (AvgIpc) is 2.01. The lowest BCUT2D eigenvalue weighted by atomic mass is 10.2. The van der Waals surface area contributed by atoms with Crippen molar-refractivity contribution in [2.45, 2.75) is 20.3 Å². The third-order valence-electron chi connectivity index (χ3n) is 1.26. The van der Waals surface area contributed by atoms with Gasteiger partial charge in [0.15, 0.2) is 0 Å². The van der Waals surface area contributed by atoms with Gasteiger partial charge < -0.3 is 4.74 Å². The fourth-order valence-electron chi connectivity index (χ4n) is 0.641. The van der Waals surface area contributed by atoms with Crippen molar-refractivity contribution in [1.82, 2.24) is 0 Å². The molecule has 11 heavy (non-hydrogen) atoms. The van der Waals surface area contributed by atoms with Gasteiger partial charge in [-0.15, -0.1) is 0 Å². The SMILES string of the molecule is C=C/C(=C\C(=O)OCC)CC. The van der Waals surface area contributed by atoms with Crippen molar-refractivity contribution in [3.8, 4) is 0 Å². The van der Waals surface area contributed by atoms with Crippen LogP contribution >= 0.6 is 0 Å². The van der Waals surface area contributed by atoms with Crippen LogP contribution in [0.15, 0.2) is 24.3 Å². The Morgan fingerprint density at radius 3 is 2.55 bits per heavy atom. The van der Waals surface area contributed by atoms with Crippen molar-refractivity contribution in [3.63, 3.8) is 0 Å². The monoisotopic (exact) mass is 154 g/mol. The van der Waals surface area contributed by atoms with Gasteiger partial charge >= 0.3 is 5.97 Å². The van der Waals surface area contributed by atoms with E-state index in [1.165, 1.54) is 6.08 Å². The number of allylic oxidation sites excluding steroid dienone is 2. The lowest BCUT2D eigenvalue weighted by Crippen LogP contribution is -2.00. The van der Waals surface area contributed by atoms with E-state index in [4.69, 9.17) is 4.74 Å². The molecule has 0 spiro atoms. The molecule has 0 unspecified atom stereocenters. The summed E-state index contributed by atoms with van der Waals surface area (Å²) in [6.45, 7) is 7.74. The molecule has 0 aromatic carbocycles. The summed E-state index contributed by atoms with van der Waals surface area (Å²) in [5.41, 5.74) is 0.906. The zero-order valence-electron chi connectivity index (χ0n) is 7.09. The molecule has 0 amide bonds. The highest BCUT2D eigenvalue weighted by molar-refractivity contribution is 5.83. The Bertz CT molecular complexity index is 168. The van der Waals surface area contributed by atoms with Crippen molar-refractivity contribution >= 4 is 5.97 Å². The van der Waals surface area contributed by atoms with Gasteiger partial charge in [-0.05, 0) is 18.9 Å². The summed E-state index contributed by atoms with van der Waals surface area (Å²) in [7, 11) is 0. The van der Waals surface area contributed by atoms with Crippen molar-refractivity contribution in [3.05, 3.63) is 24.3 Å². The van der Waals surface area contributed by atoms with Gasteiger partial charge in [0.1, 0.15) is 0 Å². The highest BCUT2D eigenvalue weighted by Crippen LogP contribution is 2.00. The van der Waals surface area contributed by atoms with Crippen molar-refractivity contribution < 1.29 is 9.53 Å². The number of hydrogen-bond donors (Lipinski definition) is 0. The standard InChI is InChI=1S/C9H14O2/c1-4-8(5-2)7-9(10)11-6-3/h4,7H,1,5-6H2,2-3H3/b8-7+. The smallest absolute Gasteiger partial charge is 0.331 e. The summed E-state index contributed by atoms with van der Waals surface area (Å²) in [5, 5.41) is 0. The van der Waals surface area contributed by atoms with Crippen LogP contribution in [0.5, 0.6) is 0 Å².